The first-order valence-corrected chi connectivity index (χ1v) is 9.00. The molecule has 1 saturated heterocycles. The molecule has 3 aromatic rings. The number of aryl methyl sites for hydroxylation is 2. The molecule has 3 heterocycles. The molecule has 1 aromatic carbocycles. The van der Waals surface area contributed by atoms with E-state index in [9.17, 15) is 4.79 Å². The fourth-order valence-electron chi connectivity index (χ4n) is 3.36. The average Bonchev–Trinajstić information content (AvgIpc) is 3.23. The zero-order chi connectivity index (χ0) is 18.3. The third-order valence-electron chi connectivity index (χ3n) is 4.56. The molecule has 1 fully saturated rings. The number of halogens is 1. The van der Waals surface area contributed by atoms with Gasteiger partial charge >= 0.3 is 0 Å². The van der Waals surface area contributed by atoms with Crippen molar-refractivity contribution in [1.82, 2.24) is 9.97 Å². The summed E-state index contributed by atoms with van der Waals surface area (Å²) in [5.74, 6) is 1.71. The molecule has 0 aliphatic carbocycles. The van der Waals surface area contributed by atoms with Crippen LogP contribution in [0.3, 0.4) is 0 Å². The first kappa shape index (κ1) is 16.8. The summed E-state index contributed by atoms with van der Waals surface area (Å²) < 4.78 is 5.80. The number of furan rings is 1. The predicted molar refractivity (Wildman–Crippen MR) is 102 cm³/mol. The molecule has 7 heteroatoms. The van der Waals surface area contributed by atoms with E-state index < -0.39 is 0 Å². The molecule has 0 atom stereocenters. The maximum absolute atomic E-state index is 13.0. The van der Waals surface area contributed by atoms with Gasteiger partial charge in [0.2, 0.25) is 5.71 Å². The Hall–Kier alpha value is -2.60. The van der Waals surface area contributed by atoms with Gasteiger partial charge in [-0.25, -0.2) is 4.98 Å². The molecule has 0 saturated carbocycles. The van der Waals surface area contributed by atoms with Crippen molar-refractivity contribution >= 4 is 40.1 Å². The number of nitrogens with one attached hydrogen (secondary N) is 1. The smallest absolute Gasteiger partial charge is 0.260 e. The van der Waals surface area contributed by atoms with Crippen molar-refractivity contribution < 1.29 is 9.21 Å². The molecule has 1 aliphatic heterocycles. The maximum Gasteiger partial charge on any atom is 0.260 e. The van der Waals surface area contributed by atoms with E-state index in [2.05, 4.69) is 20.2 Å². The number of amides is 1. The summed E-state index contributed by atoms with van der Waals surface area (Å²) in [5.41, 5.74) is 1.61. The number of benzene rings is 1. The van der Waals surface area contributed by atoms with Crippen LogP contribution in [0, 0.1) is 13.8 Å². The molecular weight excluding hydrogens is 352 g/mol. The van der Waals surface area contributed by atoms with Crippen LogP contribution < -0.4 is 10.2 Å². The Kier molecular flexibility index (Phi) is 4.28. The van der Waals surface area contributed by atoms with Crippen LogP contribution in [-0.4, -0.2) is 29.0 Å². The topological polar surface area (TPSA) is 71.3 Å². The van der Waals surface area contributed by atoms with E-state index in [0.717, 1.165) is 31.7 Å². The Morgan fingerprint density at radius 2 is 1.85 bits per heavy atom. The van der Waals surface area contributed by atoms with Crippen LogP contribution in [0.5, 0.6) is 0 Å². The van der Waals surface area contributed by atoms with Gasteiger partial charge in [-0.15, -0.1) is 0 Å². The van der Waals surface area contributed by atoms with E-state index in [1.165, 1.54) is 0 Å². The van der Waals surface area contributed by atoms with Crippen molar-refractivity contribution in [1.29, 1.82) is 0 Å². The predicted octanol–water partition coefficient (Wildman–Crippen LogP) is 4.35. The number of anilines is 2. The molecule has 2 aromatic heterocycles. The Labute approximate surface area is 156 Å². The number of carbonyl (C=O) groups excluding carboxylic acids is 1. The summed E-state index contributed by atoms with van der Waals surface area (Å²) in [4.78, 5) is 24.2. The van der Waals surface area contributed by atoms with Crippen molar-refractivity contribution in [2.45, 2.75) is 26.7 Å². The number of hydrogen-bond donors (Lipinski definition) is 1. The maximum atomic E-state index is 13.0. The van der Waals surface area contributed by atoms with E-state index in [1.54, 1.807) is 31.2 Å². The first-order valence-electron chi connectivity index (χ1n) is 8.62. The second-order valence-electron chi connectivity index (χ2n) is 6.46. The lowest BCUT2D eigenvalue weighted by Crippen LogP contribution is -2.21. The number of carbonyl (C=O) groups is 1. The van der Waals surface area contributed by atoms with E-state index in [-0.39, 0.29) is 5.91 Å². The monoisotopic (exact) mass is 370 g/mol. The molecule has 0 radical (unpaired) electrons. The number of fused-ring (bicyclic) bond motifs is 1. The lowest BCUT2D eigenvalue weighted by atomic mass is 10.1. The number of hydrogen-bond acceptors (Lipinski definition) is 5. The minimum atomic E-state index is -0.239. The van der Waals surface area contributed by atoms with Crippen molar-refractivity contribution in [3.05, 3.63) is 46.4 Å². The molecular formula is C19H19ClN4O2. The van der Waals surface area contributed by atoms with Gasteiger partial charge in [0, 0.05) is 23.8 Å². The highest BCUT2D eigenvalue weighted by atomic mass is 35.5. The van der Waals surface area contributed by atoms with Crippen molar-refractivity contribution in [2.24, 2.45) is 0 Å². The van der Waals surface area contributed by atoms with Gasteiger partial charge in [-0.2, -0.15) is 4.98 Å². The summed E-state index contributed by atoms with van der Waals surface area (Å²) in [7, 11) is 0. The van der Waals surface area contributed by atoms with E-state index in [1.807, 2.05) is 6.92 Å². The molecule has 1 N–H and O–H groups in total. The first-order chi connectivity index (χ1) is 12.5. The van der Waals surface area contributed by atoms with Gasteiger partial charge in [-0.05, 0) is 51.0 Å². The fourth-order valence-corrected chi connectivity index (χ4v) is 3.48. The Bertz CT molecular complexity index is 975. The molecule has 1 aliphatic rings. The van der Waals surface area contributed by atoms with Crippen LogP contribution in [0.4, 0.5) is 11.5 Å². The molecule has 1 amide bonds. The molecule has 6 nitrogen and oxygen atoms in total. The summed E-state index contributed by atoms with van der Waals surface area (Å²) in [5, 5.41) is 4.21. The highest BCUT2D eigenvalue weighted by Gasteiger charge is 2.27. The van der Waals surface area contributed by atoms with E-state index in [0.29, 0.717) is 39.0 Å². The number of nitrogens with zero attached hydrogens (tertiary/aromatic N) is 3. The summed E-state index contributed by atoms with van der Waals surface area (Å²) >= 11 is 5.91. The summed E-state index contributed by atoms with van der Waals surface area (Å²) in [6.07, 6.45) is 2.24. The average molecular weight is 371 g/mol. The van der Waals surface area contributed by atoms with Crippen molar-refractivity contribution in [3.63, 3.8) is 0 Å². The zero-order valence-corrected chi connectivity index (χ0v) is 15.4. The third kappa shape index (κ3) is 3.01. The lowest BCUT2D eigenvalue weighted by molar-refractivity contribution is 0.102. The van der Waals surface area contributed by atoms with Crippen LogP contribution in [-0.2, 0) is 0 Å². The standard InChI is InChI=1S/C19H19ClN4O2/c1-11-15(18(25)23-14-7-5-13(20)6-8-14)16-17(24-9-3-4-10-24)21-12(2)22-19(16)26-11/h5-8H,3-4,9-10H2,1-2H3,(H,23,25). The highest BCUT2D eigenvalue weighted by Crippen LogP contribution is 2.34. The summed E-state index contributed by atoms with van der Waals surface area (Å²) in [6, 6.07) is 7.00. The number of rotatable bonds is 3. The lowest BCUT2D eigenvalue weighted by Gasteiger charge is -2.18. The second kappa shape index (κ2) is 6.61. The SMILES string of the molecule is Cc1nc(N2CCCC2)c2c(C(=O)Nc3ccc(Cl)cc3)c(C)oc2n1. The zero-order valence-electron chi connectivity index (χ0n) is 14.7. The Morgan fingerprint density at radius 3 is 2.54 bits per heavy atom. The van der Waals surface area contributed by atoms with Crippen LogP contribution in [0.25, 0.3) is 11.1 Å². The minimum absolute atomic E-state index is 0.239. The molecule has 134 valence electrons. The van der Waals surface area contributed by atoms with E-state index >= 15 is 0 Å². The second-order valence-corrected chi connectivity index (χ2v) is 6.90. The van der Waals surface area contributed by atoms with Crippen LogP contribution in [0.1, 0.15) is 34.8 Å². The van der Waals surface area contributed by atoms with Gasteiger partial charge in [0.05, 0.1) is 10.9 Å². The number of aromatic nitrogens is 2. The van der Waals surface area contributed by atoms with Crippen LogP contribution >= 0.6 is 11.6 Å². The van der Waals surface area contributed by atoms with Crippen molar-refractivity contribution in [2.75, 3.05) is 23.3 Å². The van der Waals surface area contributed by atoms with Gasteiger partial charge in [0.25, 0.3) is 5.91 Å². The quantitative estimate of drug-likeness (QED) is 0.742. The third-order valence-corrected chi connectivity index (χ3v) is 4.81. The fraction of sp³-hybridized carbons (Fsp3) is 0.316. The Morgan fingerprint density at radius 1 is 1.15 bits per heavy atom. The van der Waals surface area contributed by atoms with Gasteiger partial charge in [-0.1, -0.05) is 11.6 Å². The minimum Gasteiger partial charge on any atom is -0.442 e. The molecule has 0 unspecified atom stereocenters. The van der Waals surface area contributed by atoms with Gasteiger partial charge in [0.1, 0.15) is 17.4 Å². The molecule has 0 spiro atoms. The summed E-state index contributed by atoms with van der Waals surface area (Å²) in [6.45, 7) is 5.47. The van der Waals surface area contributed by atoms with Crippen LogP contribution in [0.15, 0.2) is 28.7 Å². The Balaban J connectivity index is 1.79. The molecule has 26 heavy (non-hydrogen) atoms. The largest absolute Gasteiger partial charge is 0.442 e. The van der Waals surface area contributed by atoms with Gasteiger partial charge in [-0.3, -0.25) is 4.79 Å². The molecule has 0 bridgehead atoms. The highest BCUT2D eigenvalue weighted by molar-refractivity contribution is 6.30. The van der Waals surface area contributed by atoms with Crippen LogP contribution in [0.2, 0.25) is 5.02 Å². The van der Waals surface area contributed by atoms with Crippen molar-refractivity contribution in [3.8, 4) is 0 Å². The van der Waals surface area contributed by atoms with Gasteiger partial charge in [0.15, 0.2) is 0 Å². The molecule has 4 rings (SSSR count). The van der Waals surface area contributed by atoms with Gasteiger partial charge < -0.3 is 14.6 Å². The normalized spacial score (nSPS) is 14.2. The van der Waals surface area contributed by atoms with E-state index in [4.69, 9.17) is 16.0 Å².